The zero-order valence-corrected chi connectivity index (χ0v) is 11.5. The maximum atomic E-state index is 11.9. The molecule has 0 unspecified atom stereocenters. The van der Waals surface area contributed by atoms with Gasteiger partial charge in [-0.25, -0.2) is 0 Å². The lowest BCUT2D eigenvalue weighted by Gasteiger charge is -2.19. The molecule has 0 radical (unpaired) electrons. The van der Waals surface area contributed by atoms with Crippen LogP contribution >= 0.6 is 0 Å². The van der Waals surface area contributed by atoms with Crippen molar-refractivity contribution >= 4 is 11.9 Å². The van der Waals surface area contributed by atoms with Crippen LogP contribution in [0.1, 0.15) is 35.5 Å². The fraction of sp³-hybridized carbons (Fsp3) is 0.462. The minimum absolute atomic E-state index is 0.0202. The van der Waals surface area contributed by atoms with E-state index in [9.17, 15) is 14.4 Å². The number of rotatable bonds is 4. The number of aromatic nitrogens is 1. The van der Waals surface area contributed by atoms with Gasteiger partial charge in [-0.3, -0.25) is 14.4 Å². The summed E-state index contributed by atoms with van der Waals surface area (Å²) in [6.45, 7) is 6.35. The summed E-state index contributed by atoms with van der Waals surface area (Å²) < 4.78 is 0. The average Bonchev–Trinajstić information content (AvgIpc) is 2.24. The van der Waals surface area contributed by atoms with Crippen molar-refractivity contribution in [2.75, 3.05) is 6.54 Å². The molecule has 6 heteroatoms. The summed E-state index contributed by atoms with van der Waals surface area (Å²) in [7, 11) is 0. The molecule has 0 spiro atoms. The number of nitrogens with one attached hydrogen (secondary N) is 2. The number of carboxylic acids is 1. The van der Waals surface area contributed by atoms with Gasteiger partial charge in [-0.1, -0.05) is 0 Å². The van der Waals surface area contributed by atoms with E-state index in [2.05, 4.69) is 10.3 Å². The predicted molar refractivity (Wildman–Crippen MR) is 70.3 cm³/mol. The molecule has 0 aliphatic heterocycles. The fourth-order valence-electron chi connectivity index (χ4n) is 1.60. The highest BCUT2D eigenvalue weighted by atomic mass is 16.4. The van der Waals surface area contributed by atoms with Crippen molar-refractivity contribution < 1.29 is 14.7 Å². The Morgan fingerprint density at radius 3 is 2.42 bits per heavy atom. The van der Waals surface area contributed by atoms with E-state index in [0.717, 1.165) is 0 Å². The quantitative estimate of drug-likeness (QED) is 0.751. The van der Waals surface area contributed by atoms with Crippen LogP contribution in [0.2, 0.25) is 0 Å². The predicted octanol–water partition coefficient (Wildman–Crippen LogP) is 0.832. The third-order valence-corrected chi connectivity index (χ3v) is 2.86. The molecule has 1 aromatic heterocycles. The van der Waals surface area contributed by atoms with E-state index >= 15 is 0 Å². The van der Waals surface area contributed by atoms with E-state index in [1.165, 1.54) is 13.8 Å². The maximum Gasteiger partial charge on any atom is 0.310 e. The van der Waals surface area contributed by atoms with Crippen molar-refractivity contribution in [3.63, 3.8) is 0 Å². The Hall–Kier alpha value is -2.11. The van der Waals surface area contributed by atoms with Crippen molar-refractivity contribution in [2.45, 2.75) is 27.7 Å². The summed E-state index contributed by atoms with van der Waals surface area (Å²) in [6, 6.07) is 1.69. The molecule has 0 saturated carbocycles. The first kappa shape index (κ1) is 14.9. The molecular weight excluding hydrogens is 248 g/mol. The normalized spacial score (nSPS) is 11.2. The topological polar surface area (TPSA) is 99.3 Å². The minimum Gasteiger partial charge on any atom is -0.481 e. The molecule has 19 heavy (non-hydrogen) atoms. The minimum atomic E-state index is -1.08. The second-order valence-corrected chi connectivity index (χ2v) is 5.21. The third kappa shape index (κ3) is 3.43. The lowest BCUT2D eigenvalue weighted by molar-refractivity contribution is -0.146. The lowest BCUT2D eigenvalue weighted by Crippen LogP contribution is -2.40. The van der Waals surface area contributed by atoms with Crippen LogP contribution in [-0.2, 0) is 4.79 Å². The van der Waals surface area contributed by atoms with E-state index in [4.69, 9.17) is 5.11 Å². The fourth-order valence-corrected chi connectivity index (χ4v) is 1.60. The molecule has 3 N–H and O–H groups in total. The Morgan fingerprint density at radius 1 is 1.37 bits per heavy atom. The molecule has 1 aromatic rings. The van der Waals surface area contributed by atoms with Gasteiger partial charge in [0.25, 0.3) is 11.5 Å². The lowest BCUT2D eigenvalue weighted by atomic mass is 9.94. The molecule has 0 fully saturated rings. The molecule has 0 saturated heterocycles. The van der Waals surface area contributed by atoms with Crippen molar-refractivity contribution in [1.82, 2.24) is 10.3 Å². The largest absolute Gasteiger partial charge is 0.481 e. The van der Waals surface area contributed by atoms with E-state index in [1.807, 2.05) is 0 Å². The zero-order chi connectivity index (χ0) is 14.8. The molecule has 104 valence electrons. The molecular formula is C13H18N2O4. The van der Waals surface area contributed by atoms with Crippen molar-refractivity contribution in [2.24, 2.45) is 5.41 Å². The Balaban J connectivity index is 2.92. The molecule has 0 bridgehead atoms. The van der Waals surface area contributed by atoms with E-state index in [-0.39, 0.29) is 12.1 Å². The van der Waals surface area contributed by atoms with Crippen LogP contribution in [0.15, 0.2) is 10.9 Å². The van der Waals surface area contributed by atoms with Crippen molar-refractivity contribution in [3.05, 3.63) is 33.2 Å². The third-order valence-electron chi connectivity index (χ3n) is 2.86. The van der Waals surface area contributed by atoms with Crippen LogP contribution in [0, 0.1) is 19.3 Å². The van der Waals surface area contributed by atoms with Gasteiger partial charge in [0.2, 0.25) is 0 Å². The number of carboxylic acid groups (broad SMARTS) is 1. The van der Waals surface area contributed by atoms with Gasteiger partial charge in [0.05, 0.1) is 5.41 Å². The SMILES string of the molecule is Cc1cc(C)c(C(=O)NCC(C)(C)C(=O)O)c(=O)[nH]1. The highest BCUT2D eigenvalue weighted by molar-refractivity contribution is 5.95. The number of pyridine rings is 1. The van der Waals surface area contributed by atoms with Gasteiger partial charge in [-0.15, -0.1) is 0 Å². The van der Waals surface area contributed by atoms with Gasteiger partial charge < -0.3 is 15.4 Å². The highest BCUT2D eigenvalue weighted by Crippen LogP contribution is 2.13. The van der Waals surface area contributed by atoms with Crippen LogP contribution < -0.4 is 10.9 Å². The highest BCUT2D eigenvalue weighted by Gasteiger charge is 2.28. The monoisotopic (exact) mass is 266 g/mol. The Morgan fingerprint density at radius 2 is 1.95 bits per heavy atom. The zero-order valence-electron chi connectivity index (χ0n) is 11.5. The maximum absolute atomic E-state index is 11.9. The summed E-state index contributed by atoms with van der Waals surface area (Å²) >= 11 is 0. The van der Waals surface area contributed by atoms with E-state index < -0.39 is 22.9 Å². The first-order valence-electron chi connectivity index (χ1n) is 5.87. The number of H-pyrrole nitrogens is 1. The molecule has 0 atom stereocenters. The summed E-state index contributed by atoms with van der Waals surface area (Å²) in [6.07, 6.45) is 0. The number of aryl methyl sites for hydroxylation is 2. The number of hydrogen-bond donors (Lipinski definition) is 3. The van der Waals surface area contributed by atoms with E-state index in [0.29, 0.717) is 11.3 Å². The van der Waals surface area contributed by atoms with Gasteiger partial charge in [0, 0.05) is 12.2 Å². The Labute approximate surface area is 110 Å². The number of hydrogen-bond acceptors (Lipinski definition) is 3. The van der Waals surface area contributed by atoms with Crippen molar-refractivity contribution in [1.29, 1.82) is 0 Å². The first-order valence-corrected chi connectivity index (χ1v) is 5.87. The molecule has 1 heterocycles. The summed E-state index contributed by atoms with van der Waals surface area (Å²) in [5.41, 5.74) is -0.298. The number of amides is 1. The number of carbonyl (C=O) groups is 2. The number of carbonyl (C=O) groups excluding carboxylic acids is 1. The molecule has 0 aromatic carbocycles. The van der Waals surface area contributed by atoms with Crippen LogP contribution in [0.4, 0.5) is 0 Å². The second-order valence-electron chi connectivity index (χ2n) is 5.21. The summed E-state index contributed by atoms with van der Waals surface area (Å²) in [5.74, 6) is -1.57. The average molecular weight is 266 g/mol. The van der Waals surface area contributed by atoms with Crippen LogP contribution in [0.25, 0.3) is 0 Å². The van der Waals surface area contributed by atoms with Gasteiger partial charge in [-0.05, 0) is 39.3 Å². The number of aliphatic carboxylic acids is 1. The number of aromatic amines is 1. The second kappa shape index (κ2) is 5.26. The Bertz CT molecular complexity index is 572. The van der Waals surface area contributed by atoms with Gasteiger partial charge in [-0.2, -0.15) is 0 Å². The molecule has 1 rings (SSSR count). The standard InChI is InChI=1S/C13H18N2O4/c1-7-5-8(2)15-11(17)9(7)10(16)14-6-13(3,4)12(18)19/h5H,6H2,1-4H3,(H,14,16)(H,15,17)(H,18,19). The molecule has 0 aliphatic rings. The van der Waals surface area contributed by atoms with Crippen LogP contribution in [0.5, 0.6) is 0 Å². The Kier molecular flexibility index (Phi) is 4.14. The molecule has 1 amide bonds. The first-order chi connectivity index (χ1) is 8.65. The van der Waals surface area contributed by atoms with E-state index in [1.54, 1.807) is 19.9 Å². The smallest absolute Gasteiger partial charge is 0.310 e. The van der Waals surface area contributed by atoms with Crippen LogP contribution in [0.3, 0.4) is 0 Å². The van der Waals surface area contributed by atoms with Gasteiger partial charge in [0.1, 0.15) is 5.56 Å². The summed E-state index contributed by atoms with van der Waals surface area (Å²) in [4.78, 5) is 37.1. The van der Waals surface area contributed by atoms with Gasteiger partial charge in [0.15, 0.2) is 0 Å². The van der Waals surface area contributed by atoms with Gasteiger partial charge >= 0.3 is 5.97 Å². The molecule has 6 nitrogen and oxygen atoms in total. The molecule has 0 aliphatic carbocycles. The van der Waals surface area contributed by atoms with Crippen molar-refractivity contribution in [3.8, 4) is 0 Å². The summed E-state index contributed by atoms with van der Waals surface area (Å²) in [5, 5.41) is 11.4. The van der Waals surface area contributed by atoms with Crippen LogP contribution in [-0.4, -0.2) is 28.5 Å².